The van der Waals surface area contributed by atoms with Gasteiger partial charge in [-0.15, -0.1) is 0 Å². The van der Waals surface area contributed by atoms with Gasteiger partial charge < -0.3 is 4.90 Å². The third kappa shape index (κ3) is 3.34. The Morgan fingerprint density at radius 1 is 1.15 bits per heavy atom. The van der Waals surface area contributed by atoms with Gasteiger partial charge in [0.1, 0.15) is 5.82 Å². The van der Waals surface area contributed by atoms with E-state index >= 15 is 0 Å². The number of hydrogen-bond donors (Lipinski definition) is 1. The van der Waals surface area contributed by atoms with E-state index in [-0.39, 0.29) is 10.5 Å². The van der Waals surface area contributed by atoms with Gasteiger partial charge in [0.05, 0.1) is 10.5 Å². The van der Waals surface area contributed by atoms with Crippen LogP contribution in [-0.4, -0.2) is 32.3 Å². The molecule has 1 aliphatic heterocycles. The van der Waals surface area contributed by atoms with Crippen LogP contribution in [0, 0.1) is 5.82 Å². The largest absolute Gasteiger partial charge is 0.339 e. The second-order valence-electron chi connectivity index (χ2n) is 4.89. The zero-order chi connectivity index (χ0) is 14.8. The van der Waals surface area contributed by atoms with Crippen molar-refractivity contribution in [2.75, 3.05) is 13.1 Å². The molecule has 2 N–H and O–H groups in total. The van der Waals surface area contributed by atoms with E-state index in [1.54, 1.807) is 4.90 Å². The number of amides is 1. The van der Waals surface area contributed by atoms with Gasteiger partial charge in [0, 0.05) is 13.1 Å². The number of nitrogens with two attached hydrogens (primary N) is 1. The standard InChI is InChI=1S/C13H17FN2O3S/c14-12-9-10(20(15,18)19)5-6-11(12)13(17)16-7-3-1-2-4-8-16/h5-6,9H,1-4,7-8H2,(H2,15,18,19). The van der Waals surface area contributed by atoms with Gasteiger partial charge in [-0.05, 0) is 31.0 Å². The molecule has 0 saturated carbocycles. The van der Waals surface area contributed by atoms with E-state index in [0.29, 0.717) is 13.1 Å². The fraction of sp³-hybridized carbons (Fsp3) is 0.462. The summed E-state index contributed by atoms with van der Waals surface area (Å²) in [5.74, 6) is -1.25. The molecule has 110 valence electrons. The van der Waals surface area contributed by atoms with E-state index in [1.807, 2.05) is 0 Å². The van der Waals surface area contributed by atoms with E-state index in [0.717, 1.165) is 37.8 Å². The summed E-state index contributed by atoms with van der Waals surface area (Å²) in [5, 5.41) is 4.93. The zero-order valence-corrected chi connectivity index (χ0v) is 11.8. The van der Waals surface area contributed by atoms with Crippen LogP contribution >= 0.6 is 0 Å². The number of benzene rings is 1. The van der Waals surface area contributed by atoms with Crippen molar-refractivity contribution in [2.45, 2.75) is 30.6 Å². The molecule has 7 heteroatoms. The highest BCUT2D eigenvalue weighted by molar-refractivity contribution is 7.89. The van der Waals surface area contributed by atoms with E-state index < -0.39 is 21.7 Å². The molecule has 1 amide bonds. The van der Waals surface area contributed by atoms with E-state index in [2.05, 4.69) is 0 Å². The van der Waals surface area contributed by atoms with Crippen LogP contribution in [0.5, 0.6) is 0 Å². The van der Waals surface area contributed by atoms with Crippen LogP contribution in [0.15, 0.2) is 23.1 Å². The summed E-state index contributed by atoms with van der Waals surface area (Å²) in [6.07, 6.45) is 3.94. The molecule has 0 aromatic heterocycles. The van der Waals surface area contributed by atoms with Gasteiger partial charge in [-0.25, -0.2) is 17.9 Å². The average Bonchev–Trinajstić information content (AvgIpc) is 2.65. The lowest BCUT2D eigenvalue weighted by Gasteiger charge is -2.20. The molecule has 0 bridgehead atoms. The molecule has 5 nitrogen and oxygen atoms in total. The predicted molar refractivity (Wildman–Crippen MR) is 72.1 cm³/mol. The van der Waals surface area contributed by atoms with Gasteiger partial charge in [-0.1, -0.05) is 12.8 Å². The molecule has 20 heavy (non-hydrogen) atoms. The van der Waals surface area contributed by atoms with Gasteiger partial charge in [-0.2, -0.15) is 0 Å². The monoisotopic (exact) mass is 300 g/mol. The predicted octanol–water partition coefficient (Wildman–Crippen LogP) is 1.49. The molecular weight excluding hydrogens is 283 g/mol. The van der Waals surface area contributed by atoms with Gasteiger partial charge >= 0.3 is 0 Å². The number of hydrogen-bond acceptors (Lipinski definition) is 3. The Morgan fingerprint density at radius 3 is 2.25 bits per heavy atom. The fourth-order valence-corrected chi connectivity index (χ4v) is 2.82. The summed E-state index contributed by atoms with van der Waals surface area (Å²) in [4.78, 5) is 13.5. The van der Waals surface area contributed by atoms with Crippen molar-refractivity contribution in [3.8, 4) is 0 Å². The van der Waals surface area contributed by atoms with Crippen molar-refractivity contribution in [3.05, 3.63) is 29.6 Å². The third-order valence-corrected chi connectivity index (χ3v) is 4.30. The van der Waals surface area contributed by atoms with Gasteiger partial charge in [0.2, 0.25) is 10.0 Å². The zero-order valence-electron chi connectivity index (χ0n) is 11.0. The van der Waals surface area contributed by atoms with Crippen molar-refractivity contribution >= 4 is 15.9 Å². The molecule has 0 radical (unpaired) electrons. The summed E-state index contributed by atoms with van der Waals surface area (Å²) in [7, 11) is -3.96. The Morgan fingerprint density at radius 2 is 1.75 bits per heavy atom. The van der Waals surface area contributed by atoms with Crippen LogP contribution in [-0.2, 0) is 10.0 Å². The Labute approximate surface area is 117 Å². The number of sulfonamides is 1. The molecule has 1 fully saturated rings. The maximum absolute atomic E-state index is 13.9. The first-order chi connectivity index (χ1) is 9.39. The maximum Gasteiger partial charge on any atom is 0.256 e. The van der Waals surface area contributed by atoms with Crippen molar-refractivity contribution < 1.29 is 17.6 Å². The van der Waals surface area contributed by atoms with Crippen molar-refractivity contribution in [1.29, 1.82) is 0 Å². The second kappa shape index (κ2) is 5.88. The Balaban J connectivity index is 2.26. The Bertz CT molecular complexity index is 608. The first-order valence-electron chi connectivity index (χ1n) is 6.51. The normalized spacial score (nSPS) is 16.8. The van der Waals surface area contributed by atoms with Crippen molar-refractivity contribution in [2.24, 2.45) is 5.14 Å². The van der Waals surface area contributed by atoms with Crippen LogP contribution in [0.3, 0.4) is 0 Å². The molecule has 0 aliphatic carbocycles. The Hall–Kier alpha value is -1.47. The van der Waals surface area contributed by atoms with Crippen LogP contribution in [0.1, 0.15) is 36.0 Å². The number of primary sulfonamides is 1. The van der Waals surface area contributed by atoms with Crippen LogP contribution in [0.2, 0.25) is 0 Å². The van der Waals surface area contributed by atoms with Gasteiger partial charge in [0.25, 0.3) is 5.91 Å². The van der Waals surface area contributed by atoms with E-state index in [4.69, 9.17) is 5.14 Å². The number of rotatable bonds is 2. The quantitative estimate of drug-likeness (QED) is 0.898. The SMILES string of the molecule is NS(=O)(=O)c1ccc(C(=O)N2CCCCCC2)c(F)c1. The van der Waals surface area contributed by atoms with Crippen LogP contribution < -0.4 is 5.14 Å². The maximum atomic E-state index is 13.9. The molecule has 1 aromatic rings. The van der Waals surface area contributed by atoms with E-state index in [9.17, 15) is 17.6 Å². The number of carbonyl (C=O) groups excluding carboxylic acids is 1. The Kier molecular flexibility index (Phi) is 4.39. The molecule has 0 atom stereocenters. The highest BCUT2D eigenvalue weighted by atomic mass is 32.2. The lowest BCUT2D eigenvalue weighted by Crippen LogP contribution is -2.32. The summed E-state index contributed by atoms with van der Waals surface area (Å²) in [5.41, 5.74) is -0.112. The van der Waals surface area contributed by atoms with Crippen LogP contribution in [0.4, 0.5) is 4.39 Å². The number of nitrogens with zero attached hydrogens (tertiary/aromatic N) is 1. The van der Waals surface area contributed by atoms with Gasteiger partial charge in [0.15, 0.2) is 0 Å². The number of likely N-dealkylation sites (tertiary alicyclic amines) is 1. The third-order valence-electron chi connectivity index (χ3n) is 3.39. The van der Waals surface area contributed by atoms with Gasteiger partial charge in [-0.3, -0.25) is 4.79 Å². The smallest absolute Gasteiger partial charge is 0.256 e. The average molecular weight is 300 g/mol. The molecule has 2 rings (SSSR count). The molecular formula is C13H17FN2O3S. The lowest BCUT2D eigenvalue weighted by atomic mass is 10.2. The summed E-state index contributed by atoms with van der Waals surface area (Å²) in [6.45, 7) is 1.21. The minimum absolute atomic E-state index is 0.112. The fourth-order valence-electron chi connectivity index (χ4n) is 2.29. The molecule has 1 heterocycles. The van der Waals surface area contributed by atoms with Crippen molar-refractivity contribution in [1.82, 2.24) is 4.90 Å². The van der Waals surface area contributed by atoms with E-state index in [1.165, 1.54) is 6.07 Å². The minimum atomic E-state index is -3.96. The summed E-state index contributed by atoms with van der Waals surface area (Å²) < 4.78 is 36.2. The van der Waals surface area contributed by atoms with Crippen molar-refractivity contribution in [3.63, 3.8) is 0 Å². The highest BCUT2D eigenvalue weighted by Crippen LogP contribution is 2.18. The topological polar surface area (TPSA) is 80.5 Å². The molecule has 0 unspecified atom stereocenters. The first-order valence-corrected chi connectivity index (χ1v) is 8.06. The first kappa shape index (κ1) is 14.9. The lowest BCUT2D eigenvalue weighted by molar-refractivity contribution is 0.0757. The number of carbonyl (C=O) groups is 1. The second-order valence-corrected chi connectivity index (χ2v) is 6.45. The number of halogens is 1. The molecule has 1 saturated heterocycles. The molecule has 1 aromatic carbocycles. The minimum Gasteiger partial charge on any atom is -0.339 e. The summed E-state index contributed by atoms with van der Waals surface area (Å²) in [6, 6.07) is 3.13. The van der Waals surface area contributed by atoms with Crippen LogP contribution in [0.25, 0.3) is 0 Å². The summed E-state index contributed by atoms with van der Waals surface area (Å²) >= 11 is 0. The molecule has 1 aliphatic rings. The molecule has 0 spiro atoms. The highest BCUT2D eigenvalue weighted by Gasteiger charge is 2.21.